The topological polar surface area (TPSA) is 96.6 Å². The van der Waals surface area contributed by atoms with Gasteiger partial charge in [0.15, 0.2) is 0 Å². The van der Waals surface area contributed by atoms with Crippen LogP contribution in [0.1, 0.15) is 10.5 Å². The van der Waals surface area contributed by atoms with Crippen LogP contribution in [0, 0.1) is 0 Å². The predicted octanol–water partition coefficient (Wildman–Crippen LogP) is 5.95. The molecule has 0 bridgehead atoms. The van der Waals surface area contributed by atoms with Crippen molar-refractivity contribution in [2.75, 3.05) is 5.32 Å². The molecule has 7 nitrogen and oxygen atoms in total. The summed E-state index contributed by atoms with van der Waals surface area (Å²) in [5.74, 6) is -2.98. The van der Waals surface area contributed by atoms with Gasteiger partial charge in [0.25, 0.3) is 5.91 Å². The summed E-state index contributed by atoms with van der Waals surface area (Å²) in [5.41, 5.74) is 6.31. The molecule has 0 fully saturated rings. The Kier molecular flexibility index (Phi) is 7.28. The van der Waals surface area contributed by atoms with Gasteiger partial charge >= 0.3 is 12.1 Å². The first-order chi connectivity index (χ1) is 17.7. The van der Waals surface area contributed by atoms with Crippen molar-refractivity contribution in [3.63, 3.8) is 0 Å². The number of carbonyl (C=O) groups excluding carboxylic acids is 1. The number of nitrogens with one attached hydrogen (secondary N) is 1. The number of carboxylic acid groups (broad SMARTS) is 1. The number of nitrogens with zero attached hydrogens (tertiary/aromatic N) is 3. The molecule has 3 aromatic heterocycles. The van der Waals surface area contributed by atoms with Crippen molar-refractivity contribution < 1.29 is 27.9 Å². The predicted molar refractivity (Wildman–Crippen MR) is 132 cm³/mol. The van der Waals surface area contributed by atoms with Gasteiger partial charge in [-0.2, -0.15) is 13.2 Å². The van der Waals surface area contributed by atoms with E-state index >= 15 is 0 Å². The molecule has 0 saturated carbocycles. The summed E-state index contributed by atoms with van der Waals surface area (Å²) in [6, 6.07) is 27.4. The Morgan fingerprint density at radius 3 is 2.11 bits per heavy atom. The molecule has 0 atom stereocenters. The van der Waals surface area contributed by atoms with Crippen molar-refractivity contribution in [2.45, 2.75) is 6.18 Å². The van der Waals surface area contributed by atoms with Gasteiger partial charge in [0, 0.05) is 23.6 Å². The Morgan fingerprint density at radius 2 is 1.49 bits per heavy atom. The third-order valence-corrected chi connectivity index (χ3v) is 5.20. The van der Waals surface area contributed by atoms with Crippen molar-refractivity contribution >= 4 is 23.2 Å². The molecule has 1 amide bonds. The van der Waals surface area contributed by atoms with E-state index in [2.05, 4.69) is 44.0 Å². The molecule has 186 valence electrons. The maximum absolute atomic E-state index is 12.3. The second-order valence-corrected chi connectivity index (χ2v) is 7.70. The fourth-order valence-electron chi connectivity index (χ4n) is 3.42. The summed E-state index contributed by atoms with van der Waals surface area (Å²) in [5, 5.41) is 10.00. The van der Waals surface area contributed by atoms with Crippen LogP contribution in [-0.4, -0.2) is 37.5 Å². The highest BCUT2D eigenvalue weighted by atomic mass is 19.4. The van der Waals surface area contributed by atoms with Crippen LogP contribution < -0.4 is 5.32 Å². The zero-order valence-electron chi connectivity index (χ0n) is 19.1. The summed E-state index contributed by atoms with van der Waals surface area (Å²) in [4.78, 5) is 29.8. The van der Waals surface area contributed by atoms with Crippen molar-refractivity contribution in [3.8, 4) is 22.4 Å². The van der Waals surface area contributed by atoms with Gasteiger partial charge in [0.2, 0.25) is 0 Å². The second kappa shape index (κ2) is 10.7. The van der Waals surface area contributed by atoms with E-state index in [0.29, 0.717) is 5.69 Å². The SMILES string of the molecule is O=C(Nc1ccc(-c2ccn3c(-c4ccccc4)cnc3c2)cc1)c1ccccn1.O=C(O)C(F)(F)F. The van der Waals surface area contributed by atoms with E-state index in [1.54, 1.807) is 24.4 Å². The molecule has 0 unspecified atom stereocenters. The fourth-order valence-corrected chi connectivity index (χ4v) is 3.42. The van der Waals surface area contributed by atoms with E-state index in [1.165, 1.54) is 0 Å². The van der Waals surface area contributed by atoms with Crippen molar-refractivity contribution in [1.82, 2.24) is 14.4 Å². The molecule has 2 N–H and O–H groups in total. The van der Waals surface area contributed by atoms with Gasteiger partial charge in [-0.05, 0) is 47.5 Å². The summed E-state index contributed by atoms with van der Waals surface area (Å²) in [6.45, 7) is 0. The first kappa shape index (κ1) is 25.1. The molecule has 10 heteroatoms. The molecule has 5 aromatic rings. The second-order valence-electron chi connectivity index (χ2n) is 7.70. The molecule has 0 radical (unpaired) electrons. The van der Waals surface area contributed by atoms with Gasteiger partial charge < -0.3 is 10.4 Å². The fraction of sp³-hybridized carbons (Fsp3) is 0.0370. The molecule has 0 aliphatic rings. The zero-order chi connectivity index (χ0) is 26.4. The molecular weight excluding hydrogens is 485 g/mol. The smallest absolute Gasteiger partial charge is 0.475 e. The highest BCUT2D eigenvalue weighted by Gasteiger charge is 2.38. The molecule has 0 saturated heterocycles. The molecule has 3 heterocycles. The molecular formula is C27H19F3N4O3. The van der Waals surface area contributed by atoms with Gasteiger partial charge in [0.1, 0.15) is 11.3 Å². The Bertz CT molecular complexity index is 1520. The first-order valence-corrected chi connectivity index (χ1v) is 10.9. The number of anilines is 1. The lowest BCUT2D eigenvalue weighted by Crippen LogP contribution is -2.21. The van der Waals surface area contributed by atoms with Crippen LogP contribution in [0.2, 0.25) is 0 Å². The first-order valence-electron chi connectivity index (χ1n) is 10.9. The summed E-state index contributed by atoms with van der Waals surface area (Å²) < 4.78 is 33.8. The van der Waals surface area contributed by atoms with Crippen molar-refractivity contribution in [2.24, 2.45) is 0 Å². The van der Waals surface area contributed by atoms with Crippen LogP contribution in [0.15, 0.2) is 104 Å². The number of carbonyl (C=O) groups is 2. The standard InChI is InChI=1S/C25H18N4O.C2HF3O2/c30-25(22-8-4-5-14-26-22)28-21-11-9-18(10-12-21)20-13-15-29-23(17-27-24(29)16-20)19-6-2-1-3-7-19;3-2(4,5)1(6)7/h1-17H,(H,28,30);(H,6,7). The van der Waals surface area contributed by atoms with E-state index in [9.17, 15) is 18.0 Å². The molecule has 2 aromatic carbocycles. The van der Waals surface area contributed by atoms with Crippen molar-refractivity contribution in [1.29, 1.82) is 0 Å². The lowest BCUT2D eigenvalue weighted by atomic mass is 10.1. The summed E-state index contributed by atoms with van der Waals surface area (Å²) in [6.07, 6.45) is 0.453. The number of alkyl halides is 3. The summed E-state index contributed by atoms with van der Waals surface area (Å²) >= 11 is 0. The number of hydrogen-bond donors (Lipinski definition) is 2. The van der Waals surface area contributed by atoms with Crippen LogP contribution in [0.25, 0.3) is 28.0 Å². The minimum absolute atomic E-state index is 0.226. The number of rotatable bonds is 4. The highest BCUT2D eigenvalue weighted by molar-refractivity contribution is 6.02. The van der Waals surface area contributed by atoms with Gasteiger partial charge in [-0.15, -0.1) is 0 Å². The Labute approximate surface area is 208 Å². The number of halogens is 3. The van der Waals surface area contributed by atoms with E-state index in [4.69, 9.17) is 9.90 Å². The number of aromatic nitrogens is 3. The van der Waals surface area contributed by atoms with E-state index in [1.807, 2.05) is 54.9 Å². The molecule has 37 heavy (non-hydrogen) atoms. The Balaban J connectivity index is 0.000000405. The number of fused-ring (bicyclic) bond motifs is 1. The Hall–Kier alpha value is -4.99. The number of aliphatic carboxylic acids is 1. The van der Waals surface area contributed by atoms with Crippen LogP contribution >= 0.6 is 0 Å². The van der Waals surface area contributed by atoms with E-state index in [0.717, 1.165) is 33.7 Å². The normalized spacial score (nSPS) is 10.9. The van der Waals surface area contributed by atoms with Gasteiger partial charge in [-0.3, -0.25) is 14.2 Å². The lowest BCUT2D eigenvalue weighted by molar-refractivity contribution is -0.192. The maximum Gasteiger partial charge on any atom is 0.490 e. The monoisotopic (exact) mass is 504 g/mol. The van der Waals surface area contributed by atoms with Crippen LogP contribution in [0.5, 0.6) is 0 Å². The van der Waals surface area contributed by atoms with E-state index < -0.39 is 12.1 Å². The number of pyridine rings is 2. The Morgan fingerprint density at radius 1 is 0.811 bits per heavy atom. The van der Waals surface area contributed by atoms with Crippen LogP contribution in [0.3, 0.4) is 0 Å². The average Bonchev–Trinajstić information content (AvgIpc) is 3.33. The quantitative estimate of drug-likeness (QED) is 0.315. The average molecular weight is 504 g/mol. The minimum Gasteiger partial charge on any atom is -0.475 e. The molecule has 0 aliphatic heterocycles. The third kappa shape index (κ3) is 6.17. The summed E-state index contributed by atoms with van der Waals surface area (Å²) in [7, 11) is 0. The van der Waals surface area contributed by atoms with Gasteiger partial charge in [0.05, 0.1) is 11.9 Å². The number of hydrogen-bond acceptors (Lipinski definition) is 4. The molecule has 0 spiro atoms. The number of amides is 1. The minimum atomic E-state index is -5.08. The van der Waals surface area contributed by atoms with Gasteiger partial charge in [-0.1, -0.05) is 48.5 Å². The molecule has 0 aliphatic carbocycles. The third-order valence-electron chi connectivity index (χ3n) is 5.20. The van der Waals surface area contributed by atoms with Crippen LogP contribution in [-0.2, 0) is 4.79 Å². The maximum atomic E-state index is 12.3. The zero-order valence-corrected chi connectivity index (χ0v) is 19.1. The number of imidazole rings is 1. The van der Waals surface area contributed by atoms with Crippen LogP contribution in [0.4, 0.5) is 18.9 Å². The van der Waals surface area contributed by atoms with Gasteiger partial charge in [-0.25, -0.2) is 9.78 Å². The van der Waals surface area contributed by atoms with Crippen molar-refractivity contribution in [3.05, 3.63) is 109 Å². The number of carboxylic acids is 1. The lowest BCUT2D eigenvalue weighted by Gasteiger charge is -2.08. The highest BCUT2D eigenvalue weighted by Crippen LogP contribution is 2.26. The molecule has 5 rings (SSSR count). The van der Waals surface area contributed by atoms with E-state index in [-0.39, 0.29) is 5.91 Å². The largest absolute Gasteiger partial charge is 0.490 e. The number of benzene rings is 2.